The molecule has 0 heterocycles. The van der Waals surface area contributed by atoms with Crippen LogP contribution in [0.25, 0.3) is 0 Å². The summed E-state index contributed by atoms with van der Waals surface area (Å²) in [6.07, 6.45) is 8.13. The highest BCUT2D eigenvalue weighted by atomic mass is 35.5. The molecule has 0 bridgehead atoms. The first-order valence-corrected chi connectivity index (χ1v) is 9.06. The zero-order valence-electron chi connectivity index (χ0n) is 14.9. The topological polar surface area (TPSA) is 46.6 Å². The predicted octanol–water partition coefficient (Wildman–Crippen LogP) is 5.21. The molecular weight excluding hydrogens is 373 g/mol. The lowest BCUT2D eigenvalue weighted by atomic mass is 10.0. The van der Waals surface area contributed by atoms with Crippen LogP contribution in [0.2, 0.25) is 10.0 Å². The van der Waals surface area contributed by atoms with Crippen LogP contribution in [-0.4, -0.2) is 30.2 Å². The molecule has 0 spiro atoms. The quantitative estimate of drug-likeness (QED) is 0.362. The molecule has 1 aromatic carbocycles. The zero-order chi connectivity index (χ0) is 19.3. The van der Waals surface area contributed by atoms with E-state index in [1.165, 1.54) is 6.07 Å². The molecule has 0 N–H and O–H groups in total. The Bertz CT molecular complexity index is 796. The molecule has 0 radical (unpaired) electrons. The van der Waals surface area contributed by atoms with E-state index in [2.05, 4.69) is 12.7 Å². The Balaban J connectivity index is 2.07. The molecule has 0 saturated carbocycles. The van der Waals surface area contributed by atoms with E-state index < -0.39 is 0 Å². The van der Waals surface area contributed by atoms with Crippen molar-refractivity contribution in [2.24, 2.45) is 0 Å². The summed E-state index contributed by atoms with van der Waals surface area (Å²) in [7, 11) is 1.71. The van der Waals surface area contributed by atoms with Crippen molar-refractivity contribution in [1.29, 1.82) is 0 Å². The third-order valence-corrected chi connectivity index (χ3v) is 5.04. The molecule has 2 rings (SSSR count). The SMILES string of the molecule is C=C(CC)C(=O)c1ccc(OCC(=O)N(C)C2=CCC=CC2)c(Cl)c1Cl. The van der Waals surface area contributed by atoms with Gasteiger partial charge in [0.2, 0.25) is 0 Å². The van der Waals surface area contributed by atoms with Crippen LogP contribution in [0.15, 0.2) is 48.2 Å². The number of carbonyl (C=O) groups is 2. The van der Waals surface area contributed by atoms with Crippen molar-refractivity contribution in [3.63, 3.8) is 0 Å². The Morgan fingerprint density at radius 1 is 1.23 bits per heavy atom. The number of rotatable bonds is 7. The van der Waals surface area contributed by atoms with Crippen LogP contribution >= 0.6 is 23.2 Å². The minimum absolute atomic E-state index is 0.102. The van der Waals surface area contributed by atoms with E-state index in [1.54, 1.807) is 18.0 Å². The van der Waals surface area contributed by atoms with Crippen molar-refractivity contribution in [2.45, 2.75) is 26.2 Å². The molecule has 26 heavy (non-hydrogen) atoms. The van der Waals surface area contributed by atoms with Gasteiger partial charge in [-0.2, -0.15) is 0 Å². The maximum atomic E-state index is 12.3. The number of likely N-dealkylation sites (N-methyl/N-ethyl adjacent to an activating group) is 1. The Morgan fingerprint density at radius 3 is 2.58 bits per heavy atom. The number of carbonyl (C=O) groups excluding carboxylic acids is 2. The molecule has 138 valence electrons. The molecule has 0 saturated heterocycles. The smallest absolute Gasteiger partial charge is 0.264 e. The summed E-state index contributed by atoms with van der Waals surface area (Å²) in [4.78, 5) is 26.1. The van der Waals surface area contributed by atoms with E-state index in [4.69, 9.17) is 27.9 Å². The normalized spacial score (nSPS) is 13.2. The number of nitrogens with zero attached hydrogens (tertiary/aromatic N) is 1. The van der Waals surface area contributed by atoms with Gasteiger partial charge in [0.1, 0.15) is 10.8 Å². The van der Waals surface area contributed by atoms with Gasteiger partial charge in [0, 0.05) is 24.7 Å². The number of ether oxygens (including phenoxy) is 1. The molecule has 0 unspecified atom stereocenters. The second kappa shape index (κ2) is 9.06. The molecule has 1 aliphatic carbocycles. The van der Waals surface area contributed by atoms with Gasteiger partial charge in [0.05, 0.1) is 5.02 Å². The first kappa shape index (κ1) is 20.3. The van der Waals surface area contributed by atoms with Gasteiger partial charge >= 0.3 is 0 Å². The summed E-state index contributed by atoms with van der Waals surface area (Å²) >= 11 is 12.4. The van der Waals surface area contributed by atoms with Crippen molar-refractivity contribution in [2.75, 3.05) is 13.7 Å². The lowest BCUT2D eigenvalue weighted by Crippen LogP contribution is -2.31. The van der Waals surface area contributed by atoms with Crippen LogP contribution in [0.3, 0.4) is 0 Å². The number of benzene rings is 1. The van der Waals surface area contributed by atoms with Crippen LogP contribution in [0.4, 0.5) is 0 Å². The largest absolute Gasteiger partial charge is 0.482 e. The van der Waals surface area contributed by atoms with Crippen LogP contribution in [-0.2, 0) is 4.79 Å². The van der Waals surface area contributed by atoms with E-state index in [-0.39, 0.29) is 39.7 Å². The number of amides is 1. The van der Waals surface area contributed by atoms with E-state index in [0.717, 1.165) is 12.1 Å². The first-order valence-electron chi connectivity index (χ1n) is 8.30. The fraction of sp³-hybridized carbons (Fsp3) is 0.300. The highest BCUT2D eigenvalue weighted by Crippen LogP contribution is 2.35. The maximum Gasteiger partial charge on any atom is 0.264 e. The summed E-state index contributed by atoms with van der Waals surface area (Å²) < 4.78 is 5.53. The highest BCUT2D eigenvalue weighted by Gasteiger charge is 2.19. The van der Waals surface area contributed by atoms with Crippen LogP contribution < -0.4 is 4.74 Å². The molecule has 4 nitrogen and oxygen atoms in total. The number of allylic oxidation sites excluding steroid dienone is 4. The fourth-order valence-corrected chi connectivity index (χ4v) is 2.89. The second-order valence-corrected chi connectivity index (χ2v) is 6.63. The summed E-state index contributed by atoms with van der Waals surface area (Å²) in [5, 5.41) is 0.210. The summed E-state index contributed by atoms with van der Waals surface area (Å²) in [6.45, 7) is 5.39. The van der Waals surface area contributed by atoms with Gasteiger partial charge in [-0.3, -0.25) is 9.59 Å². The molecule has 0 aromatic heterocycles. The molecule has 0 fully saturated rings. The van der Waals surface area contributed by atoms with Gasteiger partial charge in [-0.05, 0) is 30.5 Å². The van der Waals surface area contributed by atoms with Crippen molar-refractivity contribution in [3.05, 3.63) is 63.8 Å². The minimum atomic E-state index is -0.251. The molecule has 6 heteroatoms. The third kappa shape index (κ3) is 4.57. The maximum absolute atomic E-state index is 12.3. The number of hydrogen-bond acceptors (Lipinski definition) is 3. The molecule has 1 amide bonds. The third-order valence-electron chi connectivity index (χ3n) is 4.18. The Kier molecular flexibility index (Phi) is 7.06. The molecule has 1 aromatic rings. The van der Waals surface area contributed by atoms with Gasteiger partial charge in [-0.25, -0.2) is 0 Å². The standard InChI is InChI=1S/C20H21Cl2NO3/c1-4-13(2)20(25)15-10-11-16(19(22)18(15)21)26-12-17(24)23(3)14-8-6-5-7-9-14/h5-6,9-11H,2,4,7-8,12H2,1,3H3. The number of ketones is 1. The zero-order valence-corrected chi connectivity index (χ0v) is 16.4. The molecule has 1 aliphatic rings. The monoisotopic (exact) mass is 393 g/mol. The van der Waals surface area contributed by atoms with Gasteiger partial charge in [-0.1, -0.05) is 54.9 Å². The van der Waals surface area contributed by atoms with E-state index in [0.29, 0.717) is 18.4 Å². The van der Waals surface area contributed by atoms with E-state index in [1.807, 2.05) is 19.1 Å². The fourth-order valence-electron chi connectivity index (χ4n) is 2.43. The Morgan fingerprint density at radius 2 is 1.96 bits per heavy atom. The number of Topliss-reactive ketones (excluding diaryl/α,β-unsaturated/α-hetero) is 1. The van der Waals surface area contributed by atoms with Gasteiger partial charge < -0.3 is 9.64 Å². The summed E-state index contributed by atoms with van der Waals surface area (Å²) in [5.41, 5.74) is 1.66. The average molecular weight is 394 g/mol. The minimum Gasteiger partial charge on any atom is -0.482 e. The lowest BCUT2D eigenvalue weighted by Gasteiger charge is -2.22. The van der Waals surface area contributed by atoms with Crippen molar-refractivity contribution in [1.82, 2.24) is 4.90 Å². The lowest BCUT2D eigenvalue weighted by molar-refractivity contribution is -0.130. The summed E-state index contributed by atoms with van der Waals surface area (Å²) in [5.74, 6) is -0.188. The van der Waals surface area contributed by atoms with Gasteiger partial charge in [0.25, 0.3) is 5.91 Å². The van der Waals surface area contributed by atoms with Crippen molar-refractivity contribution < 1.29 is 14.3 Å². The van der Waals surface area contributed by atoms with Crippen LogP contribution in [0.5, 0.6) is 5.75 Å². The molecule has 0 aliphatic heterocycles. The molecular formula is C20H21Cl2NO3. The molecule has 0 atom stereocenters. The van der Waals surface area contributed by atoms with Gasteiger partial charge in [0.15, 0.2) is 12.4 Å². The van der Waals surface area contributed by atoms with Crippen molar-refractivity contribution in [3.8, 4) is 5.75 Å². The van der Waals surface area contributed by atoms with Crippen LogP contribution in [0.1, 0.15) is 36.5 Å². The van der Waals surface area contributed by atoms with Gasteiger partial charge in [-0.15, -0.1) is 0 Å². The van der Waals surface area contributed by atoms with E-state index >= 15 is 0 Å². The van der Waals surface area contributed by atoms with E-state index in [9.17, 15) is 9.59 Å². The highest BCUT2D eigenvalue weighted by molar-refractivity contribution is 6.45. The summed E-state index contributed by atoms with van der Waals surface area (Å²) in [6, 6.07) is 3.08. The number of halogens is 2. The predicted molar refractivity (Wildman–Crippen MR) is 105 cm³/mol. The van der Waals surface area contributed by atoms with Crippen molar-refractivity contribution >= 4 is 34.9 Å². The Hall–Kier alpha value is -2.04. The average Bonchev–Trinajstić information content (AvgIpc) is 2.67. The Labute approximate surface area is 163 Å². The second-order valence-electron chi connectivity index (χ2n) is 5.87. The first-order chi connectivity index (χ1) is 12.4. The number of hydrogen-bond donors (Lipinski definition) is 0. The van der Waals surface area contributed by atoms with Crippen LogP contribution in [0, 0.1) is 0 Å².